The summed E-state index contributed by atoms with van der Waals surface area (Å²) < 4.78 is 0. The van der Waals surface area contributed by atoms with Crippen molar-refractivity contribution < 1.29 is 0 Å². The normalized spacial score (nSPS) is 26.3. The highest BCUT2D eigenvalue weighted by Crippen LogP contribution is 2.24. The third kappa shape index (κ3) is 3.06. The van der Waals surface area contributed by atoms with Crippen LogP contribution in [0.3, 0.4) is 0 Å². The van der Waals surface area contributed by atoms with Crippen LogP contribution in [-0.4, -0.2) is 21.4 Å². The van der Waals surface area contributed by atoms with E-state index in [0.717, 1.165) is 37.2 Å². The second kappa shape index (κ2) is 4.79. The first-order chi connectivity index (χ1) is 7.24. The molecule has 0 unspecified atom stereocenters. The summed E-state index contributed by atoms with van der Waals surface area (Å²) in [4.78, 5) is 8.47. The minimum absolute atomic E-state index is 0.363. The summed E-state index contributed by atoms with van der Waals surface area (Å²) in [5.74, 6) is 0.735. The van der Waals surface area contributed by atoms with Gasteiger partial charge in [0.05, 0.1) is 0 Å². The lowest BCUT2D eigenvalue weighted by atomic mass is 9.95. The van der Waals surface area contributed by atoms with Gasteiger partial charge in [0.15, 0.2) is 0 Å². The van der Waals surface area contributed by atoms with Crippen molar-refractivity contribution in [3.05, 3.63) is 18.0 Å². The molecular weight excluding hydrogens is 210 g/mol. The van der Waals surface area contributed by atoms with Crippen molar-refractivity contribution in [1.82, 2.24) is 9.97 Å². The van der Waals surface area contributed by atoms with E-state index in [1.807, 2.05) is 19.3 Å². The van der Waals surface area contributed by atoms with E-state index >= 15 is 0 Å². The molecule has 0 atom stereocenters. The van der Waals surface area contributed by atoms with Gasteiger partial charge in [-0.25, -0.2) is 9.97 Å². The van der Waals surface area contributed by atoms with Crippen LogP contribution in [-0.2, 0) is 0 Å². The molecule has 82 valence electrons. The molecule has 0 bridgehead atoms. The Morgan fingerprint density at radius 2 is 1.80 bits per heavy atom. The van der Waals surface area contributed by atoms with Crippen molar-refractivity contribution in [2.45, 2.75) is 44.0 Å². The van der Waals surface area contributed by atoms with Crippen LogP contribution < -0.4 is 5.32 Å². The number of aryl methyl sites for hydroxylation is 1. The fourth-order valence-corrected chi connectivity index (χ4v) is 2.10. The molecule has 1 fully saturated rings. The summed E-state index contributed by atoms with van der Waals surface area (Å²) in [5, 5.41) is 3.71. The van der Waals surface area contributed by atoms with Crippen molar-refractivity contribution in [3.8, 4) is 0 Å². The molecule has 1 N–H and O–H groups in total. The molecule has 0 saturated heterocycles. The molecule has 0 aromatic carbocycles. The minimum atomic E-state index is 0.363. The number of alkyl halides is 1. The lowest BCUT2D eigenvalue weighted by molar-refractivity contribution is 0.466. The van der Waals surface area contributed by atoms with Gasteiger partial charge in [-0.05, 0) is 38.2 Å². The van der Waals surface area contributed by atoms with Crippen LogP contribution in [0, 0.1) is 6.92 Å². The van der Waals surface area contributed by atoms with E-state index in [0.29, 0.717) is 11.4 Å². The number of rotatable bonds is 2. The van der Waals surface area contributed by atoms with Gasteiger partial charge < -0.3 is 5.32 Å². The van der Waals surface area contributed by atoms with Gasteiger partial charge in [0.25, 0.3) is 0 Å². The third-order valence-corrected chi connectivity index (χ3v) is 3.21. The molecule has 1 aliphatic rings. The predicted octanol–water partition coefficient (Wildman–Crippen LogP) is 2.75. The summed E-state index contributed by atoms with van der Waals surface area (Å²) >= 11 is 6.05. The van der Waals surface area contributed by atoms with Crippen molar-refractivity contribution in [2.75, 3.05) is 5.32 Å². The molecule has 2 rings (SSSR count). The number of nitrogens with zero attached hydrogens (tertiary/aromatic N) is 2. The molecule has 1 saturated carbocycles. The molecule has 0 radical (unpaired) electrons. The quantitative estimate of drug-likeness (QED) is 0.787. The Morgan fingerprint density at radius 1 is 1.20 bits per heavy atom. The molecule has 3 nitrogen and oxygen atoms in total. The van der Waals surface area contributed by atoms with E-state index < -0.39 is 0 Å². The topological polar surface area (TPSA) is 37.8 Å². The highest BCUT2D eigenvalue weighted by Gasteiger charge is 2.19. The van der Waals surface area contributed by atoms with E-state index in [-0.39, 0.29) is 0 Å². The van der Waals surface area contributed by atoms with E-state index in [2.05, 4.69) is 15.3 Å². The molecule has 1 aromatic rings. The van der Waals surface area contributed by atoms with Crippen LogP contribution in [0.2, 0.25) is 0 Å². The standard InChI is InChI=1S/C11H16ClN3/c1-8-6-13-11(14-7-8)15-10-4-2-9(12)3-5-10/h6-7,9-10H,2-5H2,1H3,(H,13,14,15). The first-order valence-electron chi connectivity index (χ1n) is 5.43. The largest absolute Gasteiger partial charge is 0.351 e. The van der Waals surface area contributed by atoms with Gasteiger partial charge in [-0.15, -0.1) is 11.6 Å². The zero-order valence-corrected chi connectivity index (χ0v) is 9.67. The SMILES string of the molecule is Cc1cnc(NC2CCC(Cl)CC2)nc1. The summed E-state index contributed by atoms with van der Waals surface area (Å²) in [6, 6.07) is 0.489. The maximum absolute atomic E-state index is 6.05. The molecule has 1 aromatic heterocycles. The Balaban J connectivity index is 1.89. The number of hydrogen-bond donors (Lipinski definition) is 1. The first-order valence-corrected chi connectivity index (χ1v) is 5.87. The molecule has 1 aliphatic carbocycles. The average molecular weight is 226 g/mol. The van der Waals surface area contributed by atoms with Crippen LogP contribution >= 0.6 is 11.6 Å². The Hall–Kier alpha value is -0.830. The summed E-state index contributed by atoms with van der Waals surface area (Å²) in [6.07, 6.45) is 8.08. The van der Waals surface area contributed by atoms with E-state index in [1.165, 1.54) is 0 Å². The van der Waals surface area contributed by atoms with Gasteiger partial charge in [-0.1, -0.05) is 0 Å². The van der Waals surface area contributed by atoms with Crippen molar-refractivity contribution in [2.24, 2.45) is 0 Å². The number of aromatic nitrogens is 2. The van der Waals surface area contributed by atoms with Crippen LogP contribution in [0.15, 0.2) is 12.4 Å². The molecular formula is C11H16ClN3. The van der Waals surface area contributed by atoms with Crippen molar-refractivity contribution in [3.63, 3.8) is 0 Å². The molecule has 1 heterocycles. The van der Waals surface area contributed by atoms with Gasteiger partial charge in [-0.2, -0.15) is 0 Å². The smallest absolute Gasteiger partial charge is 0.222 e. The van der Waals surface area contributed by atoms with Crippen LogP contribution in [0.5, 0.6) is 0 Å². The molecule has 4 heteroatoms. The Labute approximate surface area is 95.3 Å². The Bertz CT molecular complexity index is 304. The average Bonchev–Trinajstić information content (AvgIpc) is 2.25. The first kappa shape index (κ1) is 10.7. The maximum Gasteiger partial charge on any atom is 0.222 e. The second-order valence-electron chi connectivity index (χ2n) is 4.18. The van der Waals surface area contributed by atoms with Crippen LogP contribution in [0.25, 0.3) is 0 Å². The van der Waals surface area contributed by atoms with Gasteiger partial charge in [-0.3, -0.25) is 0 Å². The predicted molar refractivity (Wildman–Crippen MR) is 62.3 cm³/mol. The Morgan fingerprint density at radius 3 is 2.40 bits per heavy atom. The van der Waals surface area contributed by atoms with E-state index in [1.54, 1.807) is 0 Å². The van der Waals surface area contributed by atoms with Gasteiger partial charge in [0.2, 0.25) is 5.95 Å². The lowest BCUT2D eigenvalue weighted by Gasteiger charge is -2.25. The molecule has 0 aliphatic heterocycles. The fraction of sp³-hybridized carbons (Fsp3) is 0.636. The van der Waals surface area contributed by atoms with Crippen LogP contribution in [0.4, 0.5) is 5.95 Å². The van der Waals surface area contributed by atoms with Crippen molar-refractivity contribution >= 4 is 17.5 Å². The maximum atomic E-state index is 6.05. The fourth-order valence-electron chi connectivity index (χ4n) is 1.85. The molecule has 0 spiro atoms. The lowest BCUT2D eigenvalue weighted by Crippen LogP contribution is -2.27. The number of nitrogens with one attached hydrogen (secondary N) is 1. The summed E-state index contributed by atoms with van der Waals surface area (Å²) in [5.41, 5.74) is 1.09. The zero-order chi connectivity index (χ0) is 10.7. The highest BCUT2D eigenvalue weighted by molar-refractivity contribution is 6.20. The molecule has 0 amide bonds. The van der Waals surface area contributed by atoms with E-state index in [4.69, 9.17) is 11.6 Å². The van der Waals surface area contributed by atoms with Gasteiger partial charge in [0.1, 0.15) is 0 Å². The molecule has 15 heavy (non-hydrogen) atoms. The summed E-state index contributed by atoms with van der Waals surface area (Å²) in [7, 11) is 0. The summed E-state index contributed by atoms with van der Waals surface area (Å²) in [6.45, 7) is 1.99. The minimum Gasteiger partial charge on any atom is -0.351 e. The zero-order valence-electron chi connectivity index (χ0n) is 8.91. The third-order valence-electron chi connectivity index (χ3n) is 2.77. The Kier molecular flexibility index (Phi) is 3.41. The van der Waals surface area contributed by atoms with E-state index in [9.17, 15) is 0 Å². The van der Waals surface area contributed by atoms with Crippen molar-refractivity contribution in [1.29, 1.82) is 0 Å². The number of halogens is 1. The monoisotopic (exact) mass is 225 g/mol. The number of hydrogen-bond acceptors (Lipinski definition) is 3. The number of anilines is 1. The van der Waals surface area contributed by atoms with Gasteiger partial charge in [0, 0.05) is 23.8 Å². The van der Waals surface area contributed by atoms with Crippen LogP contribution in [0.1, 0.15) is 31.2 Å². The highest BCUT2D eigenvalue weighted by atomic mass is 35.5. The van der Waals surface area contributed by atoms with Gasteiger partial charge >= 0.3 is 0 Å². The second-order valence-corrected chi connectivity index (χ2v) is 4.79.